The van der Waals surface area contributed by atoms with E-state index in [1.807, 2.05) is 121 Å². The van der Waals surface area contributed by atoms with E-state index in [4.69, 9.17) is 4.74 Å². The van der Waals surface area contributed by atoms with Crippen LogP contribution in [0.25, 0.3) is 66.1 Å². The SMILES string of the molecule is Cc1ccc(-c2ccc(C)c3ccccc23)c2ccccc12.Cc1ccc(-c2ccc(C)cc2C#Cc2ccccc2)c(C#Cc2ccccc2)c1.Cc1ccc(C#Cc2ccccc2)c(-c2cc(C)ccc2C#Cc2ccccc2)c1.Cc1ccc2c(c1)Oc1cc(C)ccc1C21c2ccccc2-c2ccccc21. The van der Waals surface area contributed by atoms with E-state index >= 15 is 0 Å². The van der Waals surface area contributed by atoms with Crippen LogP contribution in [-0.4, -0.2) is 0 Å². The van der Waals surface area contributed by atoms with Crippen LogP contribution in [0.3, 0.4) is 0 Å². The molecule has 0 radical (unpaired) electrons. The number of aryl methyl sites for hydroxylation is 8. The van der Waals surface area contributed by atoms with Crippen molar-refractivity contribution in [1.82, 2.24) is 0 Å². The molecule has 0 amide bonds. The zero-order chi connectivity index (χ0) is 75.5. The Morgan fingerprint density at radius 3 is 0.864 bits per heavy atom. The van der Waals surface area contributed by atoms with E-state index in [0.29, 0.717) is 0 Å². The van der Waals surface area contributed by atoms with Gasteiger partial charge in [0.25, 0.3) is 0 Å². The van der Waals surface area contributed by atoms with Crippen LogP contribution in [0, 0.1) is 103 Å². The summed E-state index contributed by atoms with van der Waals surface area (Å²) in [6.07, 6.45) is 0. The van der Waals surface area contributed by atoms with Gasteiger partial charge in [0.1, 0.15) is 11.5 Å². The zero-order valence-electron chi connectivity index (χ0n) is 63.4. The molecule has 0 N–H and O–H groups in total. The van der Waals surface area contributed by atoms with Crippen molar-refractivity contribution in [3.8, 4) is 103 Å². The van der Waals surface area contributed by atoms with Gasteiger partial charge in [-0.1, -0.05) is 325 Å². The molecule has 1 aliphatic carbocycles. The topological polar surface area (TPSA) is 9.23 Å². The molecule has 1 spiro atoms. The lowest BCUT2D eigenvalue weighted by atomic mass is 9.66. The molecule has 1 nitrogen and oxygen atoms in total. The van der Waals surface area contributed by atoms with E-state index in [2.05, 4.69) is 333 Å². The van der Waals surface area contributed by atoms with Crippen molar-refractivity contribution in [2.75, 3.05) is 0 Å². The predicted molar refractivity (Wildman–Crippen MR) is 462 cm³/mol. The summed E-state index contributed by atoms with van der Waals surface area (Å²) in [5, 5.41) is 5.34. The number of ether oxygens (including phenoxy) is 1. The van der Waals surface area contributed by atoms with E-state index in [-0.39, 0.29) is 5.41 Å². The molecule has 0 aromatic heterocycles. The summed E-state index contributed by atoms with van der Waals surface area (Å²) in [6.45, 7) is 17.0. The first-order valence-electron chi connectivity index (χ1n) is 37.6. The average Bonchev–Trinajstić information content (AvgIpc) is 1.51. The van der Waals surface area contributed by atoms with E-state index in [0.717, 1.165) is 78.3 Å². The third-order valence-corrected chi connectivity index (χ3v) is 20.6. The highest BCUT2D eigenvalue weighted by Crippen LogP contribution is 2.62. The minimum absolute atomic E-state index is 0.336. The maximum Gasteiger partial charge on any atom is 0.132 e. The van der Waals surface area contributed by atoms with Crippen LogP contribution in [0.15, 0.2) is 352 Å². The monoisotopic (exact) mass is 1410 g/mol. The van der Waals surface area contributed by atoms with Crippen LogP contribution in [0.4, 0.5) is 0 Å². The van der Waals surface area contributed by atoms with Crippen molar-refractivity contribution < 1.29 is 4.74 Å². The van der Waals surface area contributed by atoms with E-state index in [1.165, 1.54) is 111 Å². The Bertz CT molecular complexity index is 6010. The lowest BCUT2D eigenvalue weighted by Gasteiger charge is -2.39. The van der Waals surface area contributed by atoms with Crippen molar-refractivity contribution in [3.63, 3.8) is 0 Å². The maximum absolute atomic E-state index is 6.46. The van der Waals surface area contributed by atoms with Crippen molar-refractivity contribution in [3.05, 3.63) is 463 Å². The van der Waals surface area contributed by atoms with Crippen LogP contribution < -0.4 is 4.74 Å². The highest BCUT2D eigenvalue weighted by atomic mass is 16.5. The minimum Gasteiger partial charge on any atom is -0.457 e. The quantitative estimate of drug-likeness (QED) is 0.160. The van der Waals surface area contributed by atoms with Gasteiger partial charge in [0.05, 0.1) is 5.41 Å². The molecule has 1 aliphatic heterocycles. The maximum atomic E-state index is 6.46. The average molecular weight is 1410 g/mol. The fourth-order valence-corrected chi connectivity index (χ4v) is 15.1. The van der Waals surface area contributed by atoms with Crippen LogP contribution in [-0.2, 0) is 5.41 Å². The van der Waals surface area contributed by atoms with Gasteiger partial charge in [-0.05, 0) is 251 Å². The summed E-state index contributed by atoms with van der Waals surface area (Å²) in [6, 6.07) is 123. The highest BCUT2D eigenvalue weighted by molar-refractivity contribution is 6.07. The molecular weight excluding hydrogens is 1330 g/mol. The van der Waals surface area contributed by atoms with Crippen LogP contribution in [0.1, 0.15) is 111 Å². The molecule has 524 valence electrons. The lowest BCUT2D eigenvalue weighted by molar-refractivity contribution is 0.435. The molecular formula is C109H82O. The summed E-state index contributed by atoms with van der Waals surface area (Å²) in [5.41, 5.74) is 32.5. The van der Waals surface area contributed by atoms with E-state index < -0.39 is 0 Å². The third-order valence-electron chi connectivity index (χ3n) is 20.6. The number of benzene rings is 16. The Morgan fingerprint density at radius 2 is 0.482 bits per heavy atom. The Hall–Kier alpha value is -13.9. The molecule has 18 rings (SSSR count). The highest BCUT2D eigenvalue weighted by Gasteiger charge is 2.51. The summed E-state index contributed by atoms with van der Waals surface area (Å²) in [5.74, 6) is 28.6. The zero-order valence-corrected chi connectivity index (χ0v) is 63.4. The summed E-state index contributed by atoms with van der Waals surface area (Å²) in [4.78, 5) is 0. The second-order valence-corrected chi connectivity index (χ2v) is 28.6. The molecule has 0 unspecified atom stereocenters. The second-order valence-electron chi connectivity index (χ2n) is 28.6. The minimum atomic E-state index is -0.336. The normalized spacial score (nSPS) is 11.3. The van der Waals surface area contributed by atoms with Gasteiger partial charge >= 0.3 is 0 Å². The van der Waals surface area contributed by atoms with Crippen LogP contribution >= 0.6 is 0 Å². The molecule has 16 aromatic rings. The van der Waals surface area contributed by atoms with Gasteiger partial charge in [-0.25, -0.2) is 0 Å². The lowest BCUT2D eigenvalue weighted by Crippen LogP contribution is -2.32. The van der Waals surface area contributed by atoms with E-state index in [9.17, 15) is 0 Å². The fourth-order valence-electron chi connectivity index (χ4n) is 15.1. The Morgan fingerprint density at radius 1 is 0.191 bits per heavy atom. The number of hydrogen-bond donors (Lipinski definition) is 0. The largest absolute Gasteiger partial charge is 0.457 e. The molecule has 0 saturated heterocycles. The summed E-state index contributed by atoms with van der Waals surface area (Å²) >= 11 is 0. The van der Waals surface area contributed by atoms with Gasteiger partial charge in [0.2, 0.25) is 0 Å². The van der Waals surface area contributed by atoms with Gasteiger partial charge in [0, 0.05) is 55.6 Å². The van der Waals surface area contributed by atoms with Crippen molar-refractivity contribution in [2.24, 2.45) is 0 Å². The Labute approximate surface area is 649 Å². The Balaban J connectivity index is 0.000000117. The molecule has 16 aromatic carbocycles. The van der Waals surface area contributed by atoms with E-state index in [1.54, 1.807) is 0 Å². The molecule has 0 saturated carbocycles. The molecule has 0 atom stereocenters. The van der Waals surface area contributed by atoms with Crippen LogP contribution in [0.2, 0.25) is 0 Å². The molecule has 1 heteroatoms. The van der Waals surface area contributed by atoms with Crippen molar-refractivity contribution in [1.29, 1.82) is 0 Å². The van der Waals surface area contributed by atoms with Crippen LogP contribution in [0.5, 0.6) is 11.5 Å². The Kier molecular flexibility index (Phi) is 21.1. The molecule has 110 heavy (non-hydrogen) atoms. The smallest absolute Gasteiger partial charge is 0.132 e. The van der Waals surface area contributed by atoms with Crippen molar-refractivity contribution >= 4 is 21.5 Å². The first-order valence-corrected chi connectivity index (χ1v) is 37.6. The van der Waals surface area contributed by atoms with Gasteiger partial charge < -0.3 is 4.74 Å². The standard InChI is InChI=1S/2C30H22.C27H20O.C22H18/c1-23-13-19-29(27(21-23)17-15-25-9-5-3-6-10-25)30-20-14-24(2)22-28(30)18-16-26-11-7-4-8-12-26;1-23-13-17-27(19-15-25-9-5-3-6-10-25)29(21-23)30-22-24(2)14-18-28(30)20-16-26-11-7-4-8-12-26;1-17-11-13-23-25(15-17)28-26-16-18(2)12-14-24(26)27(23)21-9-5-3-7-19(21)20-8-4-6-10-22(20)27;1-15-11-13-21(19-9-5-3-7-17(15)19)22-14-12-16(2)18-8-4-6-10-20(18)22/h3-14,19-22H,1-2H3;3-14,17-18,21-22H,1-2H3;3-16H,1-2H3;3-14H,1-2H3. The second kappa shape index (κ2) is 32.4. The molecule has 2 aliphatic rings. The predicted octanol–water partition coefficient (Wildman–Crippen LogP) is 26.6. The molecule has 0 bridgehead atoms. The van der Waals surface area contributed by atoms with Gasteiger partial charge in [-0.3, -0.25) is 0 Å². The fraction of sp³-hybridized carbons (Fsp3) is 0.0826. The number of rotatable bonds is 3. The summed E-state index contributed by atoms with van der Waals surface area (Å²) < 4.78 is 6.46. The van der Waals surface area contributed by atoms with Gasteiger partial charge in [0.15, 0.2) is 0 Å². The number of fused-ring (bicyclic) bond motifs is 11. The van der Waals surface area contributed by atoms with Gasteiger partial charge in [-0.2, -0.15) is 0 Å². The number of hydrogen-bond acceptors (Lipinski definition) is 1. The molecule has 0 fully saturated rings. The first kappa shape index (κ1) is 71.7. The summed E-state index contributed by atoms with van der Waals surface area (Å²) in [7, 11) is 0. The molecule has 1 heterocycles. The first-order chi connectivity index (χ1) is 53.8. The van der Waals surface area contributed by atoms with Gasteiger partial charge in [-0.15, -0.1) is 0 Å². The third kappa shape index (κ3) is 15.4. The van der Waals surface area contributed by atoms with Crippen molar-refractivity contribution in [2.45, 2.75) is 60.8 Å².